The average Bonchev–Trinajstić information content (AvgIpc) is 2.68. The lowest BCUT2D eigenvalue weighted by Crippen LogP contribution is -2.38. The highest BCUT2D eigenvalue weighted by atomic mass is 35.5. The smallest absolute Gasteiger partial charge is 0.0750 e. The van der Waals surface area contributed by atoms with Gasteiger partial charge in [-0.25, -0.2) is 0 Å². The number of rotatable bonds is 5. The third-order valence-electron chi connectivity index (χ3n) is 3.49. The van der Waals surface area contributed by atoms with Crippen LogP contribution in [0.5, 0.6) is 0 Å². The number of aryl methyl sites for hydroxylation is 1. The topological polar surface area (TPSA) is 21.3 Å². The lowest BCUT2D eigenvalue weighted by molar-refractivity contribution is -0.0106. The van der Waals surface area contributed by atoms with Crippen molar-refractivity contribution in [2.24, 2.45) is 0 Å². The highest BCUT2D eigenvalue weighted by Gasteiger charge is 2.25. The summed E-state index contributed by atoms with van der Waals surface area (Å²) in [6.07, 6.45) is 2.26. The largest absolute Gasteiger partial charge is 0.375 e. The van der Waals surface area contributed by atoms with Crippen molar-refractivity contribution in [1.29, 1.82) is 0 Å². The van der Waals surface area contributed by atoms with Crippen molar-refractivity contribution in [1.82, 2.24) is 5.32 Å². The number of nitrogens with one attached hydrogen (secondary N) is 1. The van der Waals surface area contributed by atoms with Crippen LogP contribution in [0.15, 0.2) is 18.2 Å². The molecule has 3 heteroatoms. The van der Waals surface area contributed by atoms with E-state index in [4.69, 9.17) is 16.3 Å². The van der Waals surface area contributed by atoms with Crippen molar-refractivity contribution >= 4 is 11.6 Å². The molecule has 0 radical (unpaired) electrons. The third kappa shape index (κ3) is 3.25. The van der Waals surface area contributed by atoms with Gasteiger partial charge in [-0.15, -0.1) is 0 Å². The predicted molar refractivity (Wildman–Crippen MR) is 76.2 cm³/mol. The molecule has 0 amide bonds. The normalized spacial score (nSPS) is 19.0. The van der Waals surface area contributed by atoms with E-state index < -0.39 is 0 Å². The minimum Gasteiger partial charge on any atom is -0.375 e. The van der Waals surface area contributed by atoms with Gasteiger partial charge in [-0.2, -0.15) is 0 Å². The molecule has 1 aromatic rings. The van der Waals surface area contributed by atoms with Gasteiger partial charge in [-0.1, -0.05) is 17.7 Å². The Bertz CT molecular complexity index is 417. The Balaban J connectivity index is 1.98. The van der Waals surface area contributed by atoms with E-state index in [1.165, 1.54) is 11.1 Å². The molecule has 0 spiro atoms. The van der Waals surface area contributed by atoms with Crippen molar-refractivity contribution < 1.29 is 4.74 Å². The molecule has 2 nitrogen and oxygen atoms in total. The van der Waals surface area contributed by atoms with Gasteiger partial charge < -0.3 is 10.1 Å². The van der Waals surface area contributed by atoms with E-state index in [0.717, 1.165) is 31.0 Å². The Kier molecular flexibility index (Phi) is 4.31. The zero-order chi connectivity index (χ0) is 13.2. The standard InChI is InChI=1S/C15H22ClNO/c1-4-18-15(2,3)10-17-14-8-5-11-9-12(16)6-7-13(11)14/h6-7,9,14,17H,4-5,8,10H2,1-3H3. The van der Waals surface area contributed by atoms with Gasteiger partial charge in [-0.05, 0) is 56.9 Å². The van der Waals surface area contributed by atoms with Gasteiger partial charge in [0, 0.05) is 24.2 Å². The Morgan fingerprint density at radius 3 is 2.94 bits per heavy atom. The second-order valence-electron chi connectivity index (χ2n) is 5.51. The van der Waals surface area contributed by atoms with Crippen LogP contribution in [0.3, 0.4) is 0 Å². The van der Waals surface area contributed by atoms with E-state index >= 15 is 0 Å². The first-order valence-electron chi connectivity index (χ1n) is 6.67. The SMILES string of the molecule is CCOC(C)(C)CNC1CCc2cc(Cl)ccc21. The quantitative estimate of drug-likeness (QED) is 0.878. The van der Waals surface area contributed by atoms with Gasteiger partial charge in [0.15, 0.2) is 0 Å². The van der Waals surface area contributed by atoms with Crippen molar-refractivity contribution in [3.05, 3.63) is 34.3 Å². The predicted octanol–water partition coefficient (Wildman–Crippen LogP) is 3.73. The summed E-state index contributed by atoms with van der Waals surface area (Å²) in [6.45, 7) is 7.91. The molecule has 0 bridgehead atoms. The molecule has 0 saturated heterocycles. The lowest BCUT2D eigenvalue weighted by atomic mass is 10.1. The van der Waals surface area contributed by atoms with E-state index in [0.29, 0.717) is 6.04 Å². The van der Waals surface area contributed by atoms with E-state index in [-0.39, 0.29) is 5.60 Å². The van der Waals surface area contributed by atoms with E-state index in [9.17, 15) is 0 Å². The number of hydrogen-bond donors (Lipinski definition) is 1. The van der Waals surface area contributed by atoms with Crippen molar-refractivity contribution in [3.8, 4) is 0 Å². The molecule has 0 aliphatic heterocycles. The Hall–Kier alpha value is -0.570. The summed E-state index contributed by atoms with van der Waals surface area (Å²) in [5, 5.41) is 4.45. The van der Waals surface area contributed by atoms with Crippen LogP contribution in [-0.2, 0) is 11.2 Å². The van der Waals surface area contributed by atoms with Crippen LogP contribution >= 0.6 is 11.6 Å². The summed E-state index contributed by atoms with van der Waals surface area (Å²) in [7, 11) is 0. The Morgan fingerprint density at radius 1 is 1.44 bits per heavy atom. The van der Waals surface area contributed by atoms with Crippen LogP contribution in [0.2, 0.25) is 5.02 Å². The lowest BCUT2D eigenvalue weighted by Gasteiger charge is -2.27. The number of fused-ring (bicyclic) bond motifs is 1. The van der Waals surface area contributed by atoms with Crippen LogP contribution in [0.25, 0.3) is 0 Å². The first kappa shape index (κ1) is 13.9. The van der Waals surface area contributed by atoms with Gasteiger partial charge in [0.2, 0.25) is 0 Å². The summed E-state index contributed by atoms with van der Waals surface area (Å²) >= 11 is 6.02. The number of ether oxygens (including phenoxy) is 1. The fourth-order valence-corrected chi connectivity index (χ4v) is 2.80. The van der Waals surface area contributed by atoms with E-state index in [2.05, 4.69) is 31.3 Å². The molecular weight excluding hydrogens is 246 g/mol. The molecule has 1 unspecified atom stereocenters. The molecule has 1 aliphatic carbocycles. The molecular formula is C15H22ClNO. The van der Waals surface area contributed by atoms with Crippen LogP contribution < -0.4 is 5.32 Å². The highest BCUT2D eigenvalue weighted by Crippen LogP contribution is 2.33. The molecule has 1 aliphatic rings. The van der Waals surface area contributed by atoms with Crippen molar-refractivity contribution in [2.45, 2.75) is 45.3 Å². The summed E-state index contributed by atoms with van der Waals surface area (Å²) < 4.78 is 5.71. The minimum atomic E-state index is -0.107. The molecule has 0 heterocycles. The first-order valence-corrected chi connectivity index (χ1v) is 7.05. The molecule has 0 fully saturated rings. The average molecular weight is 268 g/mol. The molecule has 1 aromatic carbocycles. The second kappa shape index (κ2) is 5.60. The van der Waals surface area contributed by atoms with Gasteiger partial charge in [-0.3, -0.25) is 0 Å². The summed E-state index contributed by atoms with van der Waals surface area (Å²) in [4.78, 5) is 0. The molecule has 0 saturated carbocycles. The second-order valence-corrected chi connectivity index (χ2v) is 5.94. The van der Waals surface area contributed by atoms with Crippen LogP contribution in [-0.4, -0.2) is 18.8 Å². The maximum atomic E-state index is 6.02. The molecule has 0 aromatic heterocycles. The molecule has 1 atom stereocenters. The maximum absolute atomic E-state index is 6.02. The van der Waals surface area contributed by atoms with Crippen LogP contribution in [0.1, 0.15) is 44.4 Å². The number of hydrogen-bond acceptors (Lipinski definition) is 2. The Labute approximate surface area is 115 Å². The molecule has 1 N–H and O–H groups in total. The van der Waals surface area contributed by atoms with Crippen LogP contribution in [0.4, 0.5) is 0 Å². The van der Waals surface area contributed by atoms with Crippen molar-refractivity contribution in [3.63, 3.8) is 0 Å². The molecule has 2 rings (SSSR count). The molecule has 100 valence electrons. The van der Waals surface area contributed by atoms with E-state index in [1.54, 1.807) is 0 Å². The van der Waals surface area contributed by atoms with Gasteiger partial charge in [0.1, 0.15) is 0 Å². The maximum Gasteiger partial charge on any atom is 0.0750 e. The zero-order valence-electron chi connectivity index (χ0n) is 11.4. The van der Waals surface area contributed by atoms with E-state index in [1.807, 2.05) is 13.0 Å². The molecule has 18 heavy (non-hydrogen) atoms. The number of benzene rings is 1. The van der Waals surface area contributed by atoms with Gasteiger partial charge in [0.25, 0.3) is 0 Å². The first-order chi connectivity index (χ1) is 8.52. The summed E-state index contributed by atoms with van der Waals surface area (Å²) in [5.74, 6) is 0. The minimum absolute atomic E-state index is 0.107. The zero-order valence-corrected chi connectivity index (χ0v) is 12.2. The summed E-state index contributed by atoms with van der Waals surface area (Å²) in [6, 6.07) is 6.66. The highest BCUT2D eigenvalue weighted by molar-refractivity contribution is 6.30. The van der Waals surface area contributed by atoms with Gasteiger partial charge in [0.05, 0.1) is 5.60 Å². The monoisotopic (exact) mass is 267 g/mol. The summed E-state index contributed by atoms with van der Waals surface area (Å²) in [5.41, 5.74) is 2.67. The third-order valence-corrected chi connectivity index (χ3v) is 3.73. The van der Waals surface area contributed by atoms with Gasteiger partial charge >= 0.3 is 0 Å². The fourth-order valence-electron chi connectivity index (χ4n) is 2.61. The Morgan fingerprint density at radius 2 is 2.22 bits per heavy atom. The fraction of sp³-hybridized carbons (Fsp3) is 0.600. The van der Waals surface area contributed by atoms with Crippen LogP contribution in [0, 0.1) is 0 Å². The number of halogens is 1. The van der Waals surface area contributed by atoms with Crippen molar-refractivity contribution in [2.75, 3.05) is 13.2 Å².